The lowest BCUT2D eigenvalue weighted by atomic mass is 9.73. The van der Waals surface area contributed by atoms with Crippen LogP contribution < -0.4 is 11.1 Å². The fourth-order valence-corrected chi connectivity index (χ4v) is 3.66. The van der Waals surface area contributed by atoms with E-state index in [1.54, 1.807) is 0 Å². The standard InChI is InChI=1S/C19H20F5N5O2/c1-9-14(17(31)27-11-5-6-26-13(7-11)16(25)30)29(28-15(9)18(2,20)21)8-10-3-4-12(10)19(22,23)24/h5-7,10,12H,3-4,8H2,1-2H3,(H2,25,30)(H,26,27,31)/t10?,12-/m0/s1. The maximum Gasteiger partial charge on any atom is 0.392 e. The van der Waals surface area contributed by atoms with Crippen LogP contribution in [-0.4, -0.2) is 32.8 Å². The van der Waals surface area contributed by atoms with Gasteiger partial charge in [0.05, 0.1) is 5.92 Å². The molecule has 2 atom stereocenters. The third-order valence-corrected chi connectivity index (χ3v) is 5.34. The monoisotopic (exact) mass is 445 g/mol. The number of primary amides is 1. The van der Waals surface area contributed by atoms with Gasteiger partial charge in [0.25, 0.3) is 17.7 Å². The van der Waals surface area contributed by atoms with Gasteiger partial charge in [-0.05, 0) is 37.8 Å². The van der Waals surface area contributed by atoms with E-state index in [4.69, 9.17) is 5.73 Å². The Morgan fingerprint density at radius 3 is 2.45 bits per heavy atom. The van der Waals surface area contributed by atoms with Crippen molar-refractivity contribution in [1.29, 1.82) is 0 Å². The lowest BCUT2D eigenvalue weighted by Gasteiger charge is -2.37. The van der Waals surface area contributed by atoms with E-state index in [2.05, 4.69) is 15.4 Å². The van der Waals surface area contributed by atoms with E-state index >= 15 is 0 Å². The molecule has 0 bridgehead atoms. The second-order valence-corrected chi connectivity index (χ2v) is 7.63. The molecule has 0 spiro atoms. The van der Waals surface area contributed by atoms with E-state index in [1.807, 2.05) is 0 Å². The molecule has 2 amide bonds. The van der Waals surface area contributed by atoms with Crippen LogP contribution in [0.5, 0.6) is 0 Å². The summed E-state index contributed by atoms with van der Waals surface area (Å²) in [5.74, 6) is -7.54. The quantitative estimate of drug-likeness (QED) is 0.663. The van der Waals surface area contributed by atoms with E-state index in [-0.39, 0.29) is 42.0 Å². The Morgan fingerprint density at radius 1 is 1.26 bits per heavy atom. The average molecular weight is 445 g/mol. The van der Waals surface area contributed by atoms with E-state index in [0.29, 0.717) is 6.92 Å². The summed E-state index contributed by atoms with van der Waals surface area (Å²) in [6, 6.07) is 2.54. The van der Waals surface area contributed by atoms with Crippen LogP contribution in [0.1, 0.15) is 52.0 Å². The molecular formula is C19H20F5N5O2. The highest BCUT2D eigenvalue weighted by Crippen LogP contribution is 2.46. The molecule has 12 heteroatoms. The summed E-state index contributed by atoms with van der Waals surface area (Å²) in [7, 11) is 0. The molecule has 2 aromatic heterocycles. The molecule has 1 aliphatic rings. The topological polar surface area (TPSA) is 103 Å². The van der Waals surface area contributed by atoms with Crippen LogP contribution in [-0.2, 0) is 12.5 Å². The Labute approximate surface area is 173 Å². The highest BCUT2D eigenvalue weighted by atomic mass is 19.4. The number of nitrogens with two attached hydrogens (primary N) is 1. The van der Waals surface area contributed by atoms with E-state index in [9.17, 15) is 31.5 Å². The summed E-state index contributed by atoms with van der Waals surface area (Å²) in [4.78, 5) is 27.9. The summed E-state index contributed by atoms with van der Waals surface area (Å²) in [6.07, 6.45) is -3.00. The third-order valence-electron chi connectivity index (χ3n) is 5.34. The number of rotatable bonds is 6. The predicted octanol–water partition coefficient (Wildman–Crippen LogP) is 3.64. The van der Waals surface area contributed by atoms with Crippen molar-refractivity contribution >= 4 is 17.5 Å². The largest absolute Gasteiger partial charge is 0.392 e. The number of alkyl halides is 5. The van der Waals surface area contributed by atoms with E-state index in [0.717, 1.165) is 4.68 Å². The molecule has 1 fully saturated rings. The first-order chi connectivity index (χ1) is 14.3. The Bertz CT molecular complexity index is 1010. The summed E-state index contributed by atoms with van der Waals surface area (Å²) >= 11 is 0. The highest BCUT2D eigenvalue weighted by Gasteiger charge is 2.50. The van der Waals surface area contributed by atoms with Crippen molar-refractivity contribution in [2.45, 2.75) is 45.3 Å². The van der Waals surface area contributed by atoms with Crippen molar-refractivity contribution in [3.05, 3.63) is 41.0 Å². The number of hydrogen-bond acceptors (Lipinski definition) is 4. The summed E-state index contributed by atoms with van der Waals surface area (Å²) in [5.41, 5.74) is 4.02. The Kier molecular flexibility index (Phi) is 5.76. The molecular weight excluding hydrogens is 425 g/mol. The van der Waals surface area contributed by atoms with Crippen LogP contribution in [0.3, 0.4) is 0 Å². The van der Waals surface area contributed by atoms with Crippen LogP contribution in [0.2, 0.25) is 0 Å². The summed E-state index contributed by atoms with van der Waals surface area (Å²) in [6.45, 7) is 1.53. The van der Waals surface area contributed by atoms with E-state index in [1.165, 1.54) is 25.3 Å². The van der Waals surface area contributed by atoms with Gasteiger partial charge in [-0.1, -0.05) is 0 Å². The van der Waals surface area contributed by atoms with Gasteiger partial charge in [0, 0.05) is 30.9 Å². The van der Waals surface area contributed by atoms with Gasteiger partial charge in [0.2, 0.25) is 0 Å². The average Bonchev–Trinajstić information content (AvgIpc) is 2.94. The van der Waals surface area contributed by atoms with E-state index < -0.39 is 41.4 Å². The SMILES string of the molecule is Cc1c(C(C)(F)F)nn(CC2CC[C@@H]2C(F)(F)F)c1C(=O)Nc1ccnc(C(N)=O)c1. The normalized spacial score (nSPS) is 19.1. The lowest BCUT2D eigenvalue weighted by molar-refractivity contribution is -0.214. The Morgan fingerprint density at radius 2 is 1.94 bits per heavy atom. The number of carbonyl (C=O) groups is 2. The zero-order valence-corrected chi connectivity index (χ0v) is 16.6. The number of hydrogen-bond donors (Lipinski definition) is 2. The van der Waals surface area contributed by atoms with Crippen LogP contribution in [0.4, 0.5) is 27.6 Å². The van der Waals surface area contributed by atoms with Gasteiger partial charge in [-0.15, -0.1) is 0 Å². The number of pyridine rings is 1. The van der Waals surface area contributed by atoms with Crippen LogP contribution in [0, 0.1) is 18.8 Å². The van der Waals surface area contributed by atoms with Crippen molar-refractivity contribution in [2.24, 2.45) is 17.6 Å². The fraction of sp³-hybridized carbons (Fsp3) is 0.474. The molecule has 0 aliphatic heterocycles. The van der Waals surface area contributed by atoms with Crippen molar-refractivity contribution in [3.8, 4) is 0 Å². The van der Waals surface area contributed by atoms with Crippen molar-refractivity contribution in [3.63, 3.8) is 0 Å². The van der Waals surface area contributed by atoms with Crippen molar-refractivity contribution < 1.29 is 31.5 Å². The van der Waals surface area contributed by atoms with Gasteiger partial charge in [-0.2, -0.15) is 27.1 Å². The molecule has 3 N–H and O–H groups in total. The molecule has 7 nitrogen and oxygen atoms in total. The Balaban J connectivity index is 1.94. The number of aromatic nitrogens is 3. The lowest BCUT2D eigenvalue weighted by Crippen LogP contribution is -2.41. The minimum atomic E-state index is -4.41. The molecule has 1 unspecified atom stereocenters. The zero-order chi connectivity index (χ0) is 23.1. The molecule has 1 aliphatic carbocycles. The Hall–Kier alpha value is -3.05. The molecule has 0 aromatic carbocycles. The number of anilines is 1. The van der Waals surface area contributed by atoms with Crippen molar-refractivity contribution in [2.75, 3.05) is 5.32 Å². The van der Waals surface area contributed by atoms with Gasteiger partial charge < -0.3 is 11.1 Å². The van der Waals surface area contributed by atoms with Crippen LogP contribution >= 0.6 is 0 Å². The van der Waals surface area contributed by atoms with Crippen molar-refractivity contribution in [1.82, 2.24) is 14.8 Å². The predicted molar refractivity (Wildman–Crippen MR) is 99.5 cm³/mol. The smallest absolute Gasteiger partial charge is 0.364 e. The first-order valence-electron chi connectivity index (χ1n) is 9.38. The minimum absolute atomic E-state index is 0.0559. The van der Waals surface area contributed by atoms with Gasteiger partial charge in [0.15, 0.2) is 0 Å². The summed E-state index contributed by atoms with van der Waals surface area (Å²) < 4.78 is 68.2. The molecule has 0 saturated heterocycles. The van der Waals surface area contributed by atoms with Gasteiger partial charge >= 0.3 is 6.18 Å². The zero-order valence-electron chi connectivity index (χ0n) is 16.6. The highest BCUT2D eigenvalue weighted by molar-refractivity contribution is 6.04. The third kappa shape index (κ3) is 4.67. The van der Waals surface area contributed by atoms with Crippen LogP contribution in [0.15, 0.2) is 18.3 Å². The number of nitrogens with zero attached hydrogens (tertiary/aromatic N) is 3. The summed E-state index contributed by atoms with van der Waals surface area (Å²) in [5, 5.41) is 6.22. The van der Waals surface area contributed by atoms with Gasteiger partial charge in [-0.25, -0.2) is 0 Å². The first kappa shape index (κ1) is 22.6. The molecule has 168 valence electrons. The maximum absolute atomic E-state index is 14.0. The number of halogens is 5. The maximum atomic E-state index is 14.0. The molecule has 1 saturated carbocycles. The minimum Gasteiger partial charge on any atom is -0.364 e. The number of nitrogens with one attached hydrogen (secondary N) is 1. The second kappa shape index (κ2) is 7.89. The van der Waals surface area contributed by atoms with Gasteiger partial charge in [-0.3, -0.25) is 19.3 Å². The van der Waals surface area contributed by atoms with Crippen LogP contribution in [0.25, 0.3) is 0 Å². The first-order valence-corrected chi connectivity index (χ1v) is 9.38. The second-order valence-electron chi connectivity index (χ2n) is 7.63. The van der Waals surface area contributed by atoms with Gasteiger partial charge in [0.1, 0.15) is 17.1 Å². The number of carbonyl (C=O) groups excluding carboxylic acids is 2. The molecule has 0 radical (unpaired) electrons. The number of amides is 2. The molecule has 2 heterocycles. The fourth-order valence-electron chi connectivity index (χ4n) is 3.66. The molecule has 2 aromatic rings. The molecule has 3 rings (SSSR count). The molecule has 31 heavy (non-hydrogen) atoms.